The number of rotatable bonds is 4. The molecule has 1 aliphatic heterocycles. The predicted octanol–water partition coefficient (Wildman–Crippen LogP) is 2.49. The van der Waals surface area contributed by atoms with Gasteiger partial charge >= 0.3 is 0 Å². The van der Waals surface area contributed by atoms with E-state index < -0.39 is 10.0 Å². The molecule has 1 saturated heterocycles. The van der Waals surface area contributed by atoms with E-state index >= 15 is 0 Å². The number of aryl methyl sites for hydroxylation is 1. The van der Waals surface area contributed by atoms with E-state index in [1.165, 1.54) is 15.6 Å². The number of thiazole rings is 1. The van der Waals surface area contributed by atoms with Crippen molar-refractivity contribution in [1.82, 2.24) is 9.29 Å². The summed E-state index contributed by atoms with van der Waals surface area (Å²) in [5, 5.41) is 5.16. The fourth-order valence-corrected chi connectivity index (χ4v) is 4.71. The van der Waals surface area contributed by atoms with Crippen LogP contribution in [0.1, 0.15) is 18.4 Å². The normalized spacial score (nSPS) is 16.9. The monoisotopic (exact) mass is 365 g/mol. The second-order valence-electron chi connectivity index (χ2n) is 5.82. The van der Waals surface area contributed by atoms with Gasteiger partial charge < -0.3 is 5.32 Å². The number of hydrogen-bond acceptors (Lipinski definition) is 5. The Bertz CT molecular complexity index is 794. The topological polar surface area (TPSA) is 79.4 Å². The lowest BCUT2D eigenvalue weighted by atomic mass is 9.97. The second kappa shape index (κ2) is 7.00. The number of benzene rings is 1. The van der Waals surface area contributed by atoms with Gasteiger partial charge in [0, 0.05) is 30.6 Å². The molecule has 0 radical (unpaired) electrons. The Kier molecular flexibility index (Phi) is 4.98. The van der Waals surface area contributed by atoms with Crippen LogP contribution in [0.15, 0.2) is 40.7 Å². The van der Waals surface area contributed by atoms with Gasteiger partial charge in [0.05, 0.1) is 4.90 Å². The van der Waals surface area contributed by atoms with E-state index in [9.17, 15) is 13.2 Å². The Morgan fingerprint density at radius 1 is 1.25 bits per heavy atom. The SMILES string of the molecule is Cc1ccc(S(=O)(=O)N2CCC(C(=O)Nc3nccs3)CC2)cc1. The standard InChI is InChI=1S/C16H19N3O3S2/c1-12-2-4-14(5-3-12)24(21,22)19-9-6-13(7-10-19)15(20)18-16-17-8-11-23-16/h2-5,8,11,13H,6-7,9-10H2,1H3,(H,17,18,20). The van der Waals surface area contributed by atoms with Crippen molar-refractivity contribution in [2.45, 2.75) is 24.7 Å². The van der Waals surface area contributed by atoms with Gasteiger partial charge in [0.2, 0.25) is 15.9 Å². The molecule has 0 unspecified atom stereocenters. The highest BCUT2D eigenvalue weighted by Gasteiger charge is 2.32. The van der Waals surface area contributed by atoms with Crippen molar-refractivity contribution in [2.24, 2.45) is 5.92 Å². The minimum atomic E-state index is -3.49. The van der Waals surface area contributed by atoms with Crippen molar-refractivity contribution in [3.8, 4) is 0 Å². The zero-order valence-corrected chi connectivity index (χ0v) is 14.9. The predicted molar refractivity (Wildman–Crippen MR) is 93.4 cm³/mol. The highest BCUT2D eigenvalue weighted by atomic mass is 32.2. The average Bonchev–Trinajstić information content (AvgIpc) is 3.08. The smallest absolute Gasteiger partial charge is 0.243 e. The summed E-state index contributed by atoms with van der Waals surface area (Å²) < 4.78 is 26.8. The molecule has 1 N–H and O–H groups in total. The first-order valence-electron chi connectivity index (χ1n) is 7.74. The van der Waals surface area contributed by atoms with Crippen LogP contribution in [-0.2, 0) is 14.8 Å². The van der Waals surface area contributed by atoms with Crippen molar-refractivity contribution in [2.75, 3.05) is 18.4 Å². The number of anilines is 1. The summed E-state index contributed by atoms with van der Waals surface area (Å²) in [6.45, 7) is 2.63. The molecule has 0 atom stereocenters. The molecule has 24 heavy (non-hydrogen) atoms. The maximum Gasteiger partial charge on any atom is 0.243 e. The van der Waals surface area contributed by atoms with E-state index in [0.29, 0.717) is 36.0 Å². The van der Waals surface area contributed by atoms with Crippen molar-refractivity contribution in [3.05, 3.63) is 41.4 Å². The van der Waals surface area contributed by atoms with Crippen LogP contribution in [0.25, 0.3) is 0 Å². The molecule has 2 heterocycles. The van der Waals surface area contributed by atoms with Crippen LogP contribution in [0.2, 0.25) is 0 Å². The van der Waals surface area contributed by atoms with Crippen LogP contribution in [0.4, 0.5) is 5.13 Å². The minimum Gasteiger partial charge on any atom is -0.302 e. The Balaban J connectivity index is 1.62. The Morgan fingerprint density at radius 2 is 1.92 bits per heavy atom. The van der Waals surface area contributed by atoms with Crippen LogP contribution in [-0.4, -0.2) is 36.7 Å². The summed E-state index contributed by atoms with van der Waals surface area (Å²) in [5.41, 5.74) is 1.02. The molecular weight excluding hydrogens is 346 g/mol. The van der Waals surface area contributed by atoms with Gasteiger partial charge in [0.25, 0.3) is 0 Å². The van der Waals surface area contributed by atoms with Gasteiger partial charge in [0.15, 0.2) is 5.13 Å². The molecule has 128 valence electrons. The molecule has 0 spiro atoms. The van der Waals surface area contributed by atoms with Crippen LogP contribution in [0.5, 0.6) is 0 Å². The Hall–Kier alpha value is -1.77. The lowest BCUT2D eigenvalue weighted by Gasteiger charge is -2.30. The Labute approximate surface area is 145 Å². The number of carbonyl (C=O) groups excluding carboxylic acids is 1. The number of carbonyl (C=O) groups is 1. The van der Waals surface area contributed by atoms with Gasteiger partial charge in [-0.05, 0) is 31.9 Å². The molecule has 1 aliphatic rings. The maximum absolute atomic E-state index is 12.6. The number of nitrogens with zero attached hydrogens (tertiary/aromatic N) is 2. The number of aromatic nitrogens is 1. The van der Waals surface area contributed by atoms with Crippen LogP contribution in [0.3, 0.4) is 0 Å². The van der Waals surface area contributed by atoms with Crippen LogP contribution >= 0.6 is 11.3 Å². The van der Waals surface area contributed by atoms with E-state index in [1.54, 1.807) is 35.8 Å². The van der Waals surface area contributed by atoms with Gasteiger partial charge in [-0.25, -0.2) is 13.4 Å². The summed E-state index contributed by atoms with van der Waals surface area (Å²) >= 11 is 1.37. The second-order valence-corrected chi connectivity index (χ2v) is 8.65. The zero-order valence-electron chi connectivity index (χ0n) is 13.3. The fourth-order valence-electron chi connectivity index (χ4n) is 2.71. The molecule has 8 heteroatoms. The molecule has 0 aliphatic carbocycles. The molecule has 1 amide bonds. The largest absolute Gasteiger partial charge is 0.302 e. The van der Waals surface area contributed by atoms with Crippen molar-refractivity contribution in [1.29, 1.82) is 0 Å². The molecule has 1 fully saturated rings. The zero-order chi connectivity index (χ0) is 17.2. The number of nitrogens with one attached hydrogen (secondary N) is 1. The summed E-state index contributed by atoms with van der Waals surface area (Å²) in [6.07, 6.45) is 2.67. The molecule has 0 saturated carbocycles. The summed E-state index contributed by atoms with van der Waals surface area (Å²) in [6, 6.07) is 6.85. The quantitative estimate of drug-likeness (QED) is 0.903. The highest BCUT2D eigenvalue weighted by molar-refractivity contribution is 7.89. The van der Waals surface area contributed by atoms with E-state index in [0.717, 1.165) is 5.56 Å². The lowest BCUT2D eigenvalue weighted by molar-refractivity contribution is -0.120. The number of piperidine rings is 1. The van der Waals surface area contributed by atoms with Gasteiger partial charge in [-0.15, -0.1) is 11.3 Å². The number of hydrogen-bond donors (Lipinski definition) is 1. The van der Waals surface area contributed by atoms with E-state index in [1.807, 2.05) is 6.92 Å². The van der Waals surface area contributed by atoms with Crippen molar-refractivity contribution in [3.63, 3.8) is 0 Å². The molecule has 0 bridgehead atoms. The Morgan fingerprint density at radius 3 is 2.50 bits per heavy atom. The van der Waals surface area contributed by atoms with E-state index in [-0.39, 0.29) is 11.8 Å². The molecular formula is C16H19N3O3S2. The summed E-state index contributed by atoms with van der Waals surface area (Å²) in [7, 11) is -3.49. The average molecular weight is 365 g/mol. The van der Waals surface area contributed by atoms with Gasteiger partial charge in [-0.2, -0.15) is 4.31 Å². The highest BCUT2D eigenvalue weighted by Crippen LogP contribution is 2.25. The first-order valence-corrected chi connectivity index (χ1v) is 10.1. The third-order valence-electron chi connectivity index (χ3n) is 4.15. The first-order chi connectivity index (χ1) is 11.5. The first kappa shape index (κ1) is 17.1. The minimum absolute atomic E-state index is 0.0858. The van der Waals surface area contributed by atoms with Crippen LogP contribution in [0, 0.1) is 12.8 Å². The third kappa shape index (κ3) is 3.66. The molecule has 1 aromatic carbocycles. The maximum atomic E-state index is 12.6. The third-order valence-corrected chi connectivity index (χ3v) is 6.75. The summed E-state index contributed by atoms with van der Waals surface area (Å²) in [5.74, 6) is -0.268. The van der Waals surface area contributed by atoms with Crippen molar-refractivity contribution < 1.29 is 13.2 Å². The molecule has 1 aromatic heterocycles. The van der Waals surface area contributed by atoms with Crippen molar-refractivity contribution >= 4 is 32.4 Å². The fraction of sp³-hybridized carbons (Fsp3) is 0.375. The molecule has 2 aromatic rings. The molecule has 3 rings (SSSR count). The number of amides is 1. The van der Waals surface area contributed by atoms with Gasteiger partial charge in [-0.1, -0.05) is 17.7 Å². The van der Waals surface area contributed by atoms with E-state index in [2.05, 4.69) is 10.3 Å². The number of sulfonamides is 1. The van der Waals surface area contributed by atoms with Gasteiger partial charge in [0.1, 0.15) is 0 Å². The lowest BCUT2D eigenvalue weighted by Crippen LogP contribution is -2.41. The van der Waals surface area contributed by atoms with E-state index in [4.69, 9.17) is 0 Å². The summed E-state index contributed by atoms with van der Waals surface area (Å²) in [4.78, 5) is 16.6. The molecule has 6 nitrogen and oxygen atoms in total. The van der Waals surface area contributed by atoms with Gasteiger partial charge in [-0.3, -0.25) is 4.79 Å². The van der Waals surface area contributed by atoms with Crippen LogP contribution < -0.4 is 5.32 Å².